The number of ether oxygens (including phenoxy) is 2. The zero-order valence-corrected chi connectivity index (χ0v) is 38.8. The summed E-state index contributed by atoms with van der Waals surface area (Å²) in [5.41, 5.74) is 5.88. The Labute approximate surface area is 381 Å². The third-order valence-electron chi connectivity index (χ3n) is 11.3. The number of fused-ring (bicyclic) bond motifs is 1. The van der Waals surface area contributed by atoms with Crippen molar-refractivity contribution in [2.24, 2.45) is 11.8 Å². The van der Waals surface area contributed by atoms with Crippen molar-refractivity contribution in [1.82, 2.24) is 35.1 Å². The summed E-state index contributed by atoms with van der Waals surface area (Å²) >= 11 is 0. The topological polar surface area (TPSA) is 163 Å². The monoisotopic (exact) mass is 905 g/mol. The van der Waals surface area contributed by atoms with Gasteiger partial charge in [0.25, 0.3) is 0 Å². The number of likely N-dealkylation sites (tertiary alicyclic amines) is 1. The molecule has 2 aromatic heterocycles. The lowest BCUT2D eigenvalue weighted by atomic mass is 9.97. The smallest absolute Gasteiger partial charge is 0.407 e. The summed E-state index contributed by atoms with van der Waals surface area (Å²) in [5, 5.41) is 2.70. The van der Waals surface area contributed by atoms with Gasteiger partial charge < -0.3 is 34.6 Å². The molecule has 324 valence electrons. The lowest BCUT2D eigenvalue weighted by Gasteiger charge is -2.30. The van der Waals surface area contributed by atoms with Crippen molar-refractivity contribution < 1.29 is 28.7 Å². The lowest BCUT2D eigenvalue weighted by Crippen LogP contribution is -2.51. The molecular weight excluding hydrogens is 847 g/mol. The van der Waals surface area contributed by atoms with Crippen molar-refractivity contribution in [3.05, 3.63) is 72.6 Å². The number of benzene rings is 2. The number of imidazole rings is 2. The van der Waals surface area contributed by atoms with Crippen LogP contribution in [0.2, 0.25) is 0 Å². The van der Waals surface area contributed by atoms with Gasteiger partial charge in [-0.2, -0.15) is 67.5 Å². The fourth-order valence-corrected chi connectivity index (χ4v) is 8.36. The first-order valence-corrected chi connectivity index (χ1v) is 19.0. The van der Waals surface area contributed by atoms with Gasteiger partial charge in [-0.25, -0.2) is 14.8 Å². The largest absolute Gasteiger partial charge is 0.469 e. The molecule has 5 heterocycles. The van der Waals surface area contributed by atoms with E-state index in [-0.39, 0.29) is 122 Å². The molecule has 0 unspecified atom stereocenters. The van der Waals surface area contributed by atoms with Crippen LogP contribution >= 0.6 is 67.5 Å². The number of alkyl carbamates (subject to hydrolysis) is 1. The highest BCUT2D eigenvalue weighted by Gasteiger charge is 2.43. The van der Waals surface area contributed by atoms with Crippen molar-refractivity contribution in [2.45, 2.75) is 89.4 Å². The maximum atomic E-state index is 13.6. The summed E-state index contributed by atoms with van der Waals surface area (Å²) in [7, 11) is 2.66. The Morgan fingerprint density at radius 2 is 1.27 bits per heavy atom. The van der Waals surface area contributed by atoms with Gasteiger partial charge in [-0.05, 0) is 66.7 Å². The van der Waals surface area contributed by atoms with Gasteiger partial charge in [0, 0.05) is 18.5 Å². The molecule has 3 fully saturated rings. The number of methoxy groups -OCH3 is 2. The van der Waals surface area contributed by atoms with Crippen molar-refractivity contribution in [1.29, 1.82) is 0 Å². The van der Waals surface area contributed by atoms with Crippen molar-refractivity contribution in [3.8, 4) is 33.6 Å². The van der Waals surface area contributed by atoms with E-state index in [1.807, 2.05) is 29.8 Å². The number of aromatic nitrogens is 4. The number of carbonyl (C=O) groups excluding carboxylic acids is 4. The Bertz CT molecular complexity index is 1990. The number of rotatable bonds is 10. The number of H-pyrrole nitrogens is 2. The first-order valence-electron chi connectivity index (χ1n) is 19.0. The molecule has 59 heavy (non-hydrogen) atoms. The average Bonchev–Trinajstić information content (AvgIpc) is 4.02. The molecule has 3 aliphatic heterocycles. The number of hydrogen-bond donors (Lipinski definition) is 3. The van der Waals surface area contributed by atoms with Gasteiger partial charge in [0.15, 0.2) is 0 Å². The van der Waals surface area contributed by atoms with Gasteiger partial charge in [0.1, 0.15) is 17.7 Å². The second-order valence-corrected chi connectivity index (χ2v) is 15.0. The highest BCUT2D eigenvalue weighted by Crippen LogP contribution is 2.42. The van der Waals surface area contributed by atoms with Crippen LogP contribution in [0, 0.1) is 11.8 Å². The molecule has 7 rings (SSSR count). The first kappa shape index (κ1) is 51.4. The van der Waals surface area contributed by atoms with Crippen LogP contribution in [0.4, 0.5) is 4.79 Å². The molecule has 13 nitrogen and oxygen atoms in total. The molecule has 0 radical (unpaired) electrons. The van der Waals surface area contributed by atoms with E-state index in [0.717, 1.165) is 83.8 Å². The highest BCUT2D eigenvalue weighted by atomic mass is 32.1. The maximum Gasteiger partial charge on any atom is 0.407 e. The van der Waals surface area contributed by atoms with E-state index in [1.54, 1.807) is 6.20 Å². The van der Waals surface area contributed by atoms with Crippen LogP contribution in [0.1, 0.15) is 88.9 Å². The molecule has 3 aliphatic rings. The van der Waals surface area contributed by atoms with Gasteiger partial charge in [-0.3, -0.25) is 14.4 Å². The summed E-state index contributed by atoms with van der Waals surface area (Å²) in [5.74, 6) is 0.613. The Balaban J connectivity index is 0.00000240. The number of esters is 1. The van der Waals surface area contributed by atoms with Crippen LogP contribution in [0.5, 0.6) is 0 Å². The molecular formula is C41H59N7O6S5. The molecule has 0 bridgehead atoms. The Kier molecular flexibility index (Phi) is 19.8. The minimum absolute atomic E-state index is 0. The number of nitrogens with one attached hydrogen (secondary N) is 3. The van der Waals surface area contributed by atoms with Crippen LogP contribution in [-0.4, -0.2) is 86.5 Å². The fourth-order valence-electron chi connectivity index (χ4n) is 8.36. The second-order valence-electron chi connectivity index (χ2n) is 15.0. The predicted molar refractivity (Wildman–Crippen MR) is 253 cm³/mol. The lowest BCUT2D eigenvalue weighted by molar-refractivity contribution is -0.147. The SMILES string of the molecule is COC(=O)C[C@H]1CCC[C@H]2CC[C@@H](c3ncc(-c4ccc(-c5ccc(-c6cnc([C@@H]7CCCN7C(=O)[C@@H](NC(=O)OC)C(C)C)[nH]6)cc5)cc4)[nH]3)N2C1=O.S.S.S.S.S. The van der Waals surface area contributed by atoms with Crippen LogP contribution in [-0.2, 0) is 23.9 Å². The Hall–Kier alpha value is -3.71. The number of nitrogens with zero attached hydrogens (tertiary/aromatic N) is 4. The fraction of sp³-hybridized carbons (Fsp3) is 0.463. The number of carbonyl (C=O) groups is 4. The number of amides is 3. The second kappa shape index (κ2) is 22.8. The van der Waals surface area contributed by atoms with E-state index in [2.05, 4.69) is 68.8 Å². The summed E-state index contributed by atoms with van der Waals surface area (Å²) in [6.45, 7) is 4.40. The van der Waals surface area contributed by atoms with Crippen LogP contribution in [0.25, 0.3) is 33.6 Å². The van der Waals surface area contributed by atoms with Crippen molar-refractivity contribution in [3.63, 3.8) is 0 Å². The Morgan fingerprint density at radius 1 is 0.729 bits per heavy atom. The molecule has 0 spiro atoms. The van der Waals surface area contributed by atoms with Crippen LogP contribution in [0.3, 0.4) is 0 Å². The van der Waals surface area contributed by atoms with Gasteiger partial charge >= 0.3 is 12.1 Å². The maximum absolute atomic E-state index is 13.6. The van der Waals surface area contributed by atoms with E-state index in [4.69, 9.17) is 14.5 Å². The number of aromatic amines is 2. The standard InChI is InChI=1S/C41H49N7O6.5H2S/c1-24(2)36(46-41(52)54-4)40(51)47-20-6-9-33(47)37-42-22-31(44-37)27-14-10-25(11-15-27)26-12-16-28(17-13-26)32-23-43-38(45-32)34-19-18-30-8-5-7-29(21-35(49)53-3)39(50)48(30)34;;;;;/h10-17,22-24,29-30,33-34,36H,5-9,18-21H2,1-4H3,(H,42,44)(H,43,45)(H,46,52);5*1H2/t29-,30+,33+,34+,36+;;;;;/m1...../s1. The highest BCUT2D eigenvalue weighted by molar-refractivity contribution is 7.60. The normalized spacial score (nSPS) is 20.0. The minimum Gasteiger partial charge on any atom is -0.469 e. The van der Waals surface area contributed by atoms with E-state index in [9.17, 15) is 19.2 Å². The van der Waals surface area contributed by atoms with Crippen molar-refractivity contribution in [2.75, 3.05) is 20.8 Å². The van der Waals surface area contributed by atoms with Crippen LogP contribution in [0.15, 0.2) is 60.9 Å². The summed E-state index contributed by atoms with van der Waals surface area (Å²) in [4.78, 5) is 71.2. The molecule has 18 heteroatoms. The average molecular weight is 906 g/mol. The summed E-state index contributed by atoms with van der Waals surface area (Å²) in [6, 6.07) is 15.8. The number of hydrogen-bond acceptors (Lipinski definition) is 8. The minimum atomic E-state index is -0.683. The molecule has 2 aromatic carbocycles. The molecule has 3 saturated heterocycles. The molecule has 0 aliphatic carbocycles. The molecule has 0 saturated carbocycles. The van der Waals surface area contributed by atoms with Gasteiger partial charge in [-0.1, -0.05) is 68.8 Å². The first-order chi connectivity index (χ1) is 26.1. The zero-order chi connectivity index (χ0) is 37.9. The third-order valence-corrected chi connectivity index (χ3v) is 11.3. The van der Waals surface area contributed by atoms with Crippen LogP contribution < -0.4 is 5.32 Å². The van der Waals surface area contributed by atoms with Crippen molar-refractivity contribution >= 4 is 91.4 Å². The molecule has 3 N–H and O–H groups in total. The van der Waals surface area contributed by atoms with E-state index < -0.39 is 12.1 Å². The van der Waals surface area contributed by atoms with Gasteiger partial charge in [0.05, 0.1) is 56.5 Å². The molecule has 3 amide bonds. The summed E-state index contributed by atoms with van der Waals surface area (Å²) < 4.78 is 9.62. The molecule has 4 aromatic rings. The third kappa shape index (κ3) is 11.2. The molecule has 5 atom stereocenters. The van der Waals surface area contributed by atoms with E-state index >= 15 is 0 Å². The quantitative estimate of drug-likeness (QED) is 0.142. The summed E-state index contributed by atoms with van der Waals surface area (Å²) in [6.07, 6.45) is 9.13. The van der Waals surface area contributed by atoms with E-state index in [1.165, 1.54) is 14.2 Å². The van der Waals surface area contributed by atoms with Gasteiger partial charge in [0.2, 0.25) is 11.8 Å². The zero-order valence-electron chi connectivity index (χ0n) is 33.8. The Morgan fingerprint density at radius 3 is 1.80 bits per heavy atom. The van der Waals surface area contributed by atoms with E-state index in [0.29, 0.717) is 13.0 Å². The predicted octanol–water partition coefficient (Wildman–Crippen LogP) is 7.14. The van der Waals surface area contributed by atoms with Gasteiger partial charge in [-0.15, -0.1) is 0 Å².